The molecule has 0 aliphatic carbocycles. The minimum atomic E-state index is -0.741. The SMILES string of the molecule is C=CCCC(=O)N(C)[C@@H](CCc1cccc(Cl)c1)C(=O)OCC#N. The highest BCUT2D eigenvalue weighted by Crippen LogP contribution is 2.16. The van der Waals surface area contributed by atoms with Crippen LogP contribution in [0.4, 0.5) is 0 Å². The van der Waals surface area contributed by atoms with E-state index >= 15 is 0 Å². The Morgan fingerprint density at radius 2 is 2.25 bits per heavy atom. The molecule has 1 aromatic carbocycles. The topological polar surface area (TPSA) is 70.4 Å². The number of hydrogen-bond donors (Lipinski definition) is 0. The van der Waals surface area contributed by atoms with Gasteiger partial charge in [-0.2, -0.15) is 5.26 Å². The van der Waals surface area contributed by atoms with E-state index in [1.165, 1.54) is 4.90 Å². The predicted molar refractivity (Wildman–Crippen MR) is 92.3 cm³/mol. The molecule has 0 aliphatic rings. The zero-order chi connectivity index (χ0) is 17.9. The van der Waals surface area contributed by atoms with Gasteiger partial charge < -0.3 is 9.64 Å². The molecule has 1 aromatic rings. The van der Waals surface area contributed by atoms with Crippen molar-refractivity contribution in [1.82, 2.24) is 4.90 Å². The number of amides is 1. The predicted octanol–water partition coefficient (Wildman–Crippen LogP) is 3.13. The Morgan fingerprint density at radius 3 is 2.88 bits per heavy atom. The van der Waals surface area contributed by atoms with Crippen molar-refractivity contribution >= 4 is 23.5 Å². The average Bonchev–Trinajstić information content (AvgIpc) is 2.57. The summed E-state index contributed by atoms with van der Waals surface area (Å²) in [6, 6.07) is 8.35. The van der Waals surface area contributed by atoms with Crippen LogP contribution < -0.4 is 0 Å². The second kappa shape index (κ2) is 10.5. The first-order valence-electron chi connectivity index (χ1n) is 7.64. The number of likely N-dealkylation sites (N-methyl/N-ethyl adjacent to an activating group) is 1. The number of nitrogens with zero attached hydrogens (tertiary/aromatic N) is 2. The summed E-state index contributed by atoms with van der Waals surface area (Å²) in [5.41, 5.74) is 0.965. The van der Waals surface area contributed by atoms with Crippen LogP contribution in [0.5, 0.6) is 0 Å². The lowest BCUT2D eigenvalue weighted by atomic mass is 10.0. The van der Waals surface area contributed by atoms with Crippen molar-refractivity contribution < 1.29 is 14.3 Å². The van der Waals surface area contributed by atoms with E-state index in [9.17, 15) is 9.59 Å². The van der Waals surface area contributed by atoms with Gasteiger partial charge in [-0.25, -0.2) is 4.79 Å². The van der Waals surface area contributed by atoms with E-state index in [0.717, 1.165) is 5.56 Å². The Morgan fingerprint density at radius 1 is 1.50 bits per heavy atom. The first-order valence-corrected chi connectivity index (χ1v) is 8.02. The van der Waals surface area contributed by atoms with Crippen LogP contribution in [-0.4, -0.2) is 36.5 Å². The summed E-state index contributed by atoms with van der Waals surface area (Å²) in [6.45, 7) is 3.25. The molecule has 0 unspecified atom stereocenters. The Balaban J connectivity index is 2.80. The van der Waals surface area contributed by atoms with Crippen LogP contribution in [0.3, 0.4) is 0 Å². The molecule has 0 bridgehead atoms. The van der Waals surface area contributed by atoms with Gasteiger partial charge in [0.2, 0.25) is 5.91 Å². The molecule has 0 saturated carbocycles. The lowest BCUT2D eigenvalue weighted by Crippen LogP contribution is -2.43. The second-order valence-corrected chi connectivity index (χ2v) is 5.72. The monoisotopic (exact) mass is 348 g/mol. The minimum Gasteiger partial charge on any atom is -0.449 e. The highest BCUT2D eigenvalue weighted by Gasteiger charge is 2.27. The summed E-state index contributed by atoms with van der Waals surface area (Å²) in [5, 5.41) is 9.18. The number of allylic oxidation sites excluding steroid dienone is 1. The molecule has 0 fully saturated rings. The van der Waals surface area contributed by atoms with Gasteiger partial charge in [0.25, 0.3) is 0 Å². The number of carbonyl (C=O) groups excluding carboxylic acids is 2. The second-order valence-electron chi connectivity index (χ2n) is 5.28. The van der Waals surface area contributed by atoms with Crippen LogP contribution in [-0.2, 0) is 20.7 Å². The normalized spacial score (nSPS) is 11.2. The summed E-state index contributed by atoms with van der Waals surface area (Å²) in [4.78, 5) is 25.8. The molecular weight excluding hydrogens is 328 g/mol. The Hall–Kier alpha value is -2.32. The van der Waals surface area contributed by atoms with Crippen LogP contribution in [0, 0.1) is 11.3 Å². The quantitative estimate of drug-likeness (QED) is 0.507. The summed E-state index contributed by atoms with van der Waals surface area (Å²) in [7, 11) is 1.57. The molecule has 128 valence electrons. The maximum atomic E-state index is 12.2. The Labute approximate surface area is 147 Å². The zero-order valence-electron chi connectivity index (χ0n) is 13.7. The van der Waals surface area contributed by atoms with Crippen molar-refractivity contribution in [2.75, 3.05) is 13.7 Å². The van der Waals surface area contributed by atoms with Crippen molar-refractivity contribution in [3.05, 3.63) is 47.5 Å². The first-order chi connectivity index (χ1) is 11.5. The maximum absolute atomic E-state index is 12.2. The third-order valence-corrected chi connectivity index (χ3v) is 3.80. The number of rotatable bonds is 9. The van der Waals surface area contributed by atoms with Crippen LogP contribution in [0.25, 0.3) is 0 Å². The van der Waals surface area contributed by atoms with Gasteiger partial charge >= 0.3 is 5.97 Å². The van der Waals surface area contributed by atoms with E-state index in [1.54, 1.807) is 25.3 Å². The summed E-state index contributed by atoms with van der Waals surface area (Å²) in [5.74, 6) is -0.743. The van der Waals surface area contributed by atoms with Crippen molar-refractivity contribution in [2.45, 2.75) is 31.7 Å². The molecule has 0 N–H and O–H groups in total. The summed E-state index contributed by atoms with van der Waals surface area (Å²) < 4.78 is 4.90. The molecule has 1 rings (SSSR count). The number of benzene rings is 1. The van der Waals surface area contributed by atoms with E-state index < -0.39 is 12.0 Å². The molecule has 0 spiro atoms. The number of esters is 1. The molecule has 5 nitrogen and oxygen atoms in total. The third kappa shape index (κ3) is 6.43. The fourth-order valence-electron chi connectivity index (χ4n) is 2.24. The standard InChI is InChI=1S/C18H21ClN2O3/c1-3-4-8-17(22)21(2)16(18(23)24-12-11-20)10-9-14-6-5-7-15(19)13-14/h3,5-7,13,16H,1,4,8-10,12H2,2H3/t16-/m0/s1. The van der Waals surface area contributed by atoms with Gasteiger partial charge in [0, 0.05) is 18.5 Å². The van der Waals surface area contributed by atoms with Crippen LogP contribution in [0.15, 0.2) is 36.9 Å². The number of hydrogen-bond acceptors (Lipinski definition) is 4. The number of carbonyl (C=O) groups is 2. The molecule has 0 radical (unpaired) electrons. The first kappa shape index (κ1) is 19.7. The van der Waals surface area contributed by atoms with E-state index in [4.69, 9.17) is 21.6 Å². The maximum Gasteiger partial charge on any atom is 0.329 e. The van der Waals surface area contributed by atoms with Crippen molar-refractivity contribution in [1.29, 1.82) is 5.26 Å². The third-order valence-electron chi connectivity index (χ3n) is 3.57. The molecule has 0 aromatic heterocycles. The van der Waals surface area contributed by atoms with Crippen LogP contribution in [0.2, 0.25) is 5.02 Å². The number of aryl methyl sites for hydroxylation is 1. The van der Waals surface area contributed by atoms with Crippen molar-refractivity contribution in [3.63, 3.8) is 0 Å². The fraction of sp³-hybridized carbons (Fsp3) is 0.389. The van der Waals surface area contributed by atoms with Crippen LogP contribution >= 0.6 is 11.6 Å². The van der Waals surface area contributed by atoms with Gasteiger partial charge in [-0.1, -0.05) is 29.8 Å². The molecule has 0 aliphatic heterocycles. The van der Waals surface area contributed by atoms with Gasteiger partial charge in [0.05, 0.1) is 0 Å². The van der Waals surface area contributed by atoms with E-state index in [0.29, 0.717) is 24.3 Å². The molecule has 0 heterocycles. The number of ether oxygens (including phenoxy) is 1. The van der Waals surface area contributed by atoms with Gasteiger partial charge in [-0.3, -0.25) is 4.79 Å². The molecular formula is C18H21ClN2O3. The summed E-state index contributed by atoms with van der Waals surface area (Å²) in [6.07, 6.45) is 3.42. The zero-order valence-corrected chi connectivity index (χ0v) is 14.5. The van der Waals surface area contributed by atoms with E-state index in [1.807, 2.05) is 18.2 Å². The van der Waals surface area contributed by atoms with Gasteiger partial charge in [0.15, 0.2) is 6.61 Å². The molecule has 6 heteroatoms. The number of nitriles is 1. The Kier molecular flexibility index (Phi) is 8.59. The van der Waals surface area contributed by atoms with Gasteiger partial charge in [-0.15, -0.1) is 6.58 Å². The highest BCUT2D eigenvalue weighted by molar-refractivity contribution is 6.30. The molecule has 1 atom stereocenters. The smallest absolute Gasteiger partial charge is 0.329 e. The van der Waals surface area contributed by atoms with E-state index in [2.05, 4.69) is 6.58 Å². The lowest BCUT2D eigenvalue weighted by Gasteiger charge is -2.26. The van der Waals surface area contributed by atoms with Crippen molar-refractivity contribution in [2.24, 2.45) is 0 Å². The van der Waals surface area contributed by atoms with Gasteiger partial charge in [0.1, 0.15) is 12.1 Å². The highest BCUT2D eigenvalue weighted by atomic mass is 35.5. The summed E-state index contributed by atoms with van der Waals surface area (Å²) >= 11 is 5.96. The average molecular weight is 349 g/mol. The lowest BCUT2D eigenvalue weighted by molar-refractivity contribution is -0.153. The minimum absolute atomic E-state index is 0.167. The van der Waals surface area contributed by atoms with Crippen molar-refractivity contribution in [3.8, 4) is 6.07 Å². The molecule has 1 amide bonds. The Bertz CT molecular complexity index is 625. The van der Waals surface area contributed by atoms with E-state index in [-0.39, 0.29) is 18.9 Å². The van der Waals surface area contributed by atoms with Gasteiger partial charge in [-0.05, 0) is 37.0 Å². The largest absolute Gasteiger partial charge is 0.449 e. The molecule has 0 saturated heterocycles. The fourth-order valence-corrected chi connectivity index (χ4v) is 2.45. The number of halogens is 1. The molecule has 24 heavy (non-hydrogen) atoms. The van der Waals surface area contributed by atoms with Crippen LogP contribution in [0.1, 0.15) is 24.8 Å².